The molecule has 9 heteroatoms. The number of carbonyl (C=O) groups excluding carboxylic acids is 1. The molecule has 1 atom stereocenters. The molecule has 4 rings (SSSR count). The summed E-state index contributed by atoms with van der Waals surface area (Å²) in [6, 6.07) is 4.46. The summed E-state index contributed by atoms with van der Waals surface area (Å²) in [5.74, 6) is -0.580. The molecule has 0 N–H and O–H groups in total. The molecule has 0 spiro atoms. The molecule has 7 nitrogen and oxygen atoms in total. The van der Waals surface area contributed by atoms with Crippen molar-refractivity contribution in [2.24, 2.45) is 5.16 Å². The molecule has 0 saturated carbocycles. The molecule has 2 aliphatic heterocycles. The summed E-state index contributed by atoms with van der Waals surface area (Å²) in [5, 5.41) is 8.70. The van der Waals surface area contributed by atoms with Gasteiger partial charge in [-0.15, -0.1) is 0 Å². The van der Waals surface area contributed by atoms with E-state index in [9.17, 15) is 9.18 Å². The maximum atomic E-state index is 14.1. The van der Waals surface area contributed by atoms with Gasteiger partial charge in [0.05, 0.1) is 22.0 Å². The Morgan fingerprint density at radius 2 is 2.07 bits per heavy atom. The summed E-state index contributed by atoms with van der Waals surface area (Å²) in [7, 11) is 0. The van der Waals surface area contributed by atoms with Crippen molar-refractivity contribution >= 4 is 23.2 Å². The molecule has 2 aliphatic rings. The molecule has 1 unspecified atom stereocenters. The van der Waals surface area contributed by atoms with Gasteiger partial charge in [0, 0.05) is 57.4 Å². The number of hydrogen-bond acceptors (Lipinski definition) is 5. The van der Waals surface area contributed by atoms with Crippen LogP contribution in [0.1, 0.15) is 30.2 Å². The molecule has 1 saturated heterocycles. The zero-order valence-electron chi connectivity index (χ0n) is 17.1. The van der Waals surface area contributed by atoms with Crippen molar-refractivity contribution in [1.29, 1.82) is 0 Å². The third-order valence-corrected chi connectivity index (χ3v) is 5.96. The molecule has 1 amide bonds. The SMILES string of the molecule is CCn1cc(CN2CCN(C(=O)C3CC(c4c(F)cccc4Cl)=NO3)CC2)c(C)n1. The van der Waals surface area contributed by atoms with Crippen LogP contribution in [0.4, 0.5) is 4.39 Å². The van der Waals surface area contributed by atoms with Gasteiger partial charge in [0.2, 0.25) is 6.10 Å². The monoisotopic (exact) mass is 433 g/mol. The first-order valence-electron chi connectivity index (χ1n) is 10.2. The van der Waals surface area contributed by atoms with Crippen molar-refractivity contribution in [2.45, 2.75) is 39.5 Å². The lowest BCUT2D eigenvalue weighted by Gasteiger charge is -2.35. The number of amides is 1. The first kappa shape index (κ1) is 20.8. The highest BCUT2D eigenvalue weighted by Gasteiger charge is 2.35. The average molecular weight is 434 g/mol. The van der Waals surface area contributed by atoms with Crippen LogP contribution in [0.2, 0.25) is 5.02 Å². The highest BCUT2D eigenvalue weighted by molar-refractivity contribution is 6.34. The van der Waals surface area contributed by atoms with Crippen LogP contribution in [0.25, 0.3) is 0 Å². The second-order valence-corrected chi connectivity index (χ2v) is 8.04. The van der Waals surface area contributed by atoms with Crippen molar-refractivity contribution in [2.75, 3.05) is 26.2 Å². The molecular formula is C21H25ClFN5O2. The quantitative estimate of drug-likeness (QED) is 0.727. The molecule has 30 heavy (non-hydrogen) atoms. The lowest BCUT2D eigenvalue weighted by Crippen LogP contribution is -2.51. The maximum absolute atomic E-state index is 14.1. The molecule has 0 bridgehead atoms. The fourth-order valence-electron chi connectivity index (χ4n) is 3.88. The smallest absolute Gasteiger partial charge is 0.266 e. The summed E-state index contributed by atoms with van der Waals surface area (Å²) in [6.45, 7) is 8.58. The Balaban J connectivity index is 1.31. The van der Waals surface area contributed by atoms with Gasteiger partial charge in [0.15, 0.2) is 0 Å². The van der Waals surface area contributed by atoms with Crippen molar-refractivity contribution in [3.05, 3.63) is 52.1 Å². The van der Waals surface area contributed by atoms with Gasteiger partial charge in [0.25, 0.3) is 5.91 Å². The number of nitrogens with zero attached hydrogens (tertiary/aromatic N) is 5. The van der Waals surface area contributed by atoms with Gasteiger partial charge >= 0.3 is 0 Å². The number of aromatic nitrogens is 2. The molecule has 1 fully saturated rings. The van der Waals surface area contributed by atoms with E-state index in [0.29, 0.717) is 18.8 Å². The summed E-state index contributed by atoms with van der Waals surface area (Å²) < 4.78 is 16.1. The van der Waals surface area contributed by atoms with Gasteiger partial charge in [-0.1, -0.05) is 22.8 Å². The minimum atomic E-state index is -0.729. The Bertz CT molecular complexity index is 948. The zero-order chi connectivity index (χ0) is 21.3. The highest BCUT2D eigenvalue weighted by Crippen LogP contribution is 2.26. The minimum absolute atomic E-state index is 0.115. The van der Waals surface area contributed by atoms with E-state index in [1.807, 2.05) is 11.6 Å². The highest BCUT2D eigenvalue weighted by atomic mass is 35.5. The maximum Gasteiger partial charge on any atom is 0.266 e. The van der Waals surface area contributed by atoms with E-state index in [-0.39, 0.29) is 22.9 Å². The normalized spacial score (nSPS) is 19.7. The van der Waals surface area contributed by atoms with Crippen LogP contribution in [0.5, 0.6) is 0 Å². The van der Waals surface area contributed by atoms with Crippen LogP contribution in [-0.2, 0) is 22.7 Å². The number of carbonyl (C=O) groups is 1. The molecule has 0 radical (unpaired) electrons. The molecule has 3 heterocycles. The Labute approximate surface area is 180 Å². The Morgan fingerprint density at radius 1 is 1.30 bits per heavy atom. The second kappa shape index (κ2) is 8.73. The Morgan fingerprint density at radius 3 is 2.73 bits per heavy atom. The van der Waals surface area contributed by atoms with Gasteiger partial charge < -0.3 is 9.74 Å². The number of rotatable bonds is 5. The summed E-state index contributed by atoms with van der Waals surface area (Å²) >= 11 is 6.11. The predicted molar refractivity (Wildman–Crippen MR) is 112 cm³/mol. The van der Waals surface area contributed by atoms with Crippen LogP contribution in [0, 0.1) is 12.7 Å². The first-order chi connectivity index (χ1) is 14.5. The van der Waals surface area contributed by atoms with Crippen LogP contribution in [0.3, 0.4) is 0 Å². The van der Waals surface area contributed by atoms with Crippen LogP contribution >= 0.6 is 11.6 Å². The fraction of sp³-hybridized carbons (Fsp3) is 0.476. The minimum Gasteiger partial charge on any atom is -0.382 e. The molecule has 160 valence electrons. The Hall–Kier alpha value is -2.45. The summed E-state index contributed by atoms with van der Waals surface area (Å²) in [6.07, 6.45) is 1.58. The van der Waals surface area contributed by atoms with Crippen molar-refractivity contribution < 1.29 is 14.0 Å². The van der Waals surface area contributed by atoms with Crippen molar-refractivity contribution in [3.8, 4) is 0 Å². The third kappa shape index (κ3) is 4.20. The van der Waals surface area contributed by atoms with E-state index in [4.69, 9.17) is 16.4 Å². The predicted octanol–water partition coefficient (Wildman–Crippen LogP) is 2.84. The number of oxime groups is 1. The van der Waals surface area contributed by atoms with Crippen LogP contribution in [0.15, 0.2) is 29.6 Å². The lowest BCUT2D eigenvalue weighted by molar-refractivity contribution is -0.143. The molecular weight excluding hydrogens is 409 g/mol. The van der Waals surface area contributed by atoms with Crippen LogP contribution < -0.4 is 0 Å². The fourth-order valence-corrected chi connectivity index (χ4v) is 4.15. The standard InChI is InChI=1S/C21H25ClFN5O2/c1-3-28-13-15(14(2)24-28)12-26-7-9-27(10-8-26)21(29)19-11-18(25-30-19)20-16(22)5-4-6-17(20)23/h4-6,13,19H,3,7-12H2,1-2H3. The number of piperazine rings is 1. The largest absolute Gasteiger partial charge is 0.382 e. The first-order valence-corrected chi connectivity index (χ1v) is 10.5. The van der Waals surface area contributed by atoms with Gasteiger partial charge in [-0.3, -0.25) is 14.4 Å². The number of aryl methyl sites for hydroxylation is 2. The summed E-state index contributed by atoms with van der Waals surface area (Å²) in [4.78, 5) is 22.3. The van der Waals surface area contributed by atoms with Gasteiger partial charge in [-0.2, -0.15) is 5.10 Å². The second-order valence-electron chi connectivity index (χ2n) is 7.63. The Kier molecular flexibility index (Phi) is 6.06. The molecule has 1 aromatic heterocycles. The number of benzene rings is 1. The van der Waals surface area contributed by atoms with E-state index < -0.39 is 11.9 Å². The topological polar surface area (TPSA) is 63.0 Å². The number of halogens is 2. The molecule has 0 aliphatic carbocycles. The van der Waals surface area contributed by atoms with Crippen molar-refractivity contribution in [3.63, 3.8) is 0 Å². The molecule has 2 aromatic rings. The van der Waals surface area contributed by atoms with E-state index in [1.54, 1.807) is 11.0 Å². The van der Waals surface area contributed by atoms with Crippen LogP contribution in [-0.4, -0.2) is 63.5 Å². The van der Waals surface area contributed by atoms with E-state index >= 15 is 0 Å². The van der Waals surface area contributed by atoms with Gasteiger partial charge in [-0.25, -0.2) is 4.39 Å². The summed E-state index contributed by atoms with van der Waals surface area (Å²) in [5.41, 5.74) is 2.85. The van der Waals surface area contributed by atoms with E-state index in [2.05, 4.69) is 28.3 Å². The van der Waals surface area contributed by atoms with E-state index in [0.717, 1.165) is 31.9 Å². The lowest BCUT2D eigenvalue weighted by atomic mass is 10.0. The van der Waals surface area contributed by atoms with Gasteiger partial charge in [0.1, 0.15) is 5.82 Å². The van der Waals surface area contributed by atoms with E-state index in [1.165, 1.54) is 17.7 Å². The number of hydrogen-bond donors (Lipinski definition) is 0. The van der Waals surface area contributed by atoms with Crippen molar-refractivity contribution in [1.82, 2.24) is 19.6 Å². The third-order valence-electron chi connectivity index (χ3n) is 5.65. The molecule has 1 aromatic carbocycles. The zero-order valence-corrected chi connectivity index (χ0v) is 17.9. The van der Waals surface area contributed by atoms with Gasteiger partial charge in [-0.05, 0) is 26.0 Å². The average Bonchev–Trinajstić information content (AvgIpc) is 3.35.